The van der Waals surface area contributed by atoms with Crippen LogP contribution in [-0.4, -0.2) is 30.0 Å². The van der Waals surface area contributed by atoms with Crippen molar-refractivity contribution >= 4 is 23.2 Å². The number of rotatable bonds is 5. The summed E-state index contributed by atoms with van der Waals surface area (Å²) in [7, 11) is 0. The van der Waals surface area contributed by atoms with E-state index in [9.17, 15) is 13.6 Å². The third kappa shape index (κ3) is 4.93. The van der Waals surface area contributed by atoms with Gasteiger partial charge in [-0.15, -0.1) is 0 Å². The number of nitrogen functional groups attached to an aromatic ring is 1. The van der Waals surface area contributed by atoms with Crippen LogP contribution >= 0.6 is 0 Å². The molecule has 2 aliphatic rings. The highest BCUT2D eigenvalue weighted by Crippen LogP contribution is 2.37. The van der Waals surface area contributed by atoms with E-state index in [0.717, 1.165) is 24.3 Å². The van der Waals surface area contributed by atoms with Gasteiger partial charge in [0.05, 0.1) is 12.3 Å². The molecule has 0 bridgehead atoms. The summed E-state index contributed by atoms with van der Waals surface area (Å²) < 4.78 is 38.5. The number of anilines is 1. The number of nitrogens with zero attached hydrogens (tertiary/aromatic N) is 2. The number of ether oxygens (including phenoxy) is 2. The first-order valence-corrected chi connectivity index (χ1v) is 10.8. The second-order valence-electron chi connectivity index (χ2n) is 7.63. The maximum atomic E-state index is 14.3. The lowest BCUT2D eigenvalue weighted by molar-refractivity contribution is 0.155. The zero-order chi connectivity index (χ0) is 24.2. The summed E-state index contributed by atoms with van der Waals surface area (Å²) in [6.07, 6.45) is 5.75. The number of amidine groups is 1. The Bertz CT molecular complexity index is 1250. The van der Waals surface area contributed by atoms with Crippen molar-refractivity contribution in [2.45, 2.75) is 20.3 Å². The zero-order valence-electron chi connectivity index (χ0n) is 18.8. The highest BCUT2D eigenvalue weighted by Gasteiger charge is 2.26. The molecular weight excluding hydrogens is 442 g/mol. The Kier molecular flexibility index (Phi) is 6.62. The van der Waals surface area contributed by atoms with Crippen molar-refractivity contribution < 1.29 is 23.0 Å². The van der Waals surface area contributed by atoms with Crippen molar-refractivity contribution in [3.63, 3.8) is 0 Å². The lowest BCUT2D eigenvalue weighted by Crippen LogP contribution is -2.37. The Morgan fingerprint density at radius 2 is 2.00 bits per heavy atom. The van der Waals surface area contributed by atoms with E-state index >= 15 is 0 Å². The molecule has 2 heterocycles. The van der Waals surface area contributed by atoms with Crippen molar-refractivity contribution in [2.75, 3.05) is 18.9 Å². The molecule has 2 aromatic carbocycles. The molecule has 1 amide bonds. The van der Waals surface area contributed by atoms with Gasteiger partial charge >= 0.3 is 6.09 Å². The van der Waals surface area contributed by atoms with Gasteiger partial charge in [0, 0.05) is 41.3 Å². The van der Waals surface area contributed by atoms with Gasteiger partial charge in [-0.3, -0.25) is 10.3 Å². The number of carbonyl (C=O) groups excluding carboxylic acids is 1. The highest BCUT2D eigenvalue weighted by molar-refractivity contribution is 6.07. The summed E-state index contributed by atoms with van der Waals surface area (Å²) in [6, 6.07) is 7.99. The monoisotopic (exact) mass is 466 g/mol. The van der Waals surface area contributed by atoms with E-state index in [1.54, 1.807) is 31.2 Å². The van der Waals surface area contributed by atoms with Gasteiger partial charge in [0.15, 0.2) is 17.4 Å². The predicted molar refractivity (Wildman–Crippen MR) is 126 cm³/mol. The number of allylic oxidation sites excluding steroid dienone is 3. The summed E-state index contributed by atoms with van der Waals surface area (Å²) in [5, 5.41) is 2.75. The zero-order valence-corrected chi connectivity index (χ0v) is 18.8. The Labute approximate surface area is 195 Å². The molecule has 0 saturated carbocycles. The number of carbonyl (C=O) groups is 1. The number of nitrogens with two attached hydrogens (primary N) is 1. The van der Waals surface area contributed by atoms with Gasteiger partial charge in [0.2, 0.25) is 0 Å². The number of halogens is 2. The molecule has 0 aliphatic carbocycles. The van der Waals surface area contributed by atoms with E-state index in [2.05, 4.69) is 10.3 Å². The Morgan fingerprint density at radius 1 is 1.21 bits per heavy atom. The fourth-order valence-electron chi connectivity index (χ4n) is 3.61. The summed E-state index contributed by atoms with van der Waals surface area (Å²) in [6.45, 7) is 4.43. The molecule has 3 N–H and O–H groups in total. The van der Waals surface area contributed by atoms with Crippen LogP contribution in [0.5, 0.6) is 11.5 Å². The normalized spacial score (nSPS) is 15.2. The molecule has 2 aliphatic heterocycles. The number of nitrogens with one attached hydrogen (secondary N) is 1. The largest absolute Gasteiger partial charge is 0.454 e. The molecule has 0 aromatic heterocycles. The third-order valence-corrected chi connectivity index (χ3v) is 5.19. The van der Waals surface area contributed by atoms with Crippen LogP contribution in [0, 0.1) is 11.6 Å². The molecule has 2 aromatic rings. The van der Waals surface area contributed by atoms with Crippen LogP contribution in [0.1, 0.15) is 25.8 Å². The molecular formula is C25H24F2N4O3. The van der Waals surface area contributed by atoms with Crippen LogP contribution in [-0.2, 0) is 4.74 Å². The molecule has 0 spiro atoms. The van der Waals surface area contributed by atoms with Crippen LogP contribution in [0.4, 0.5) is 19.3 Å². The number of hydrogen-bond acceptors (Lipinski definition) is 6. The minimum Gasteiger partial charge on any atom is -0.454 e. The molecule has 0 saturated heterocycles. The molecule has 0 fully saturated rings. The maximum Gasteiger partial charge on any atom is 0.411 e. The molecule has 34 heavy (non-hydrogen) atoms. The van der Waals surface area contributed by atoms with Crippen LogP contribution < -0.4 is 15.8 Å². The molecule has 0 unspecified atom stereocenters. The van der Waals surface area contributed by atoms with Gasteiger partial charge in [0.25, 0.3) is 0 Å². The van der Waals surface area contributed by atoms with Gasteiger partial charge in [-0.2, -0.15) is 0 Å². The lowest BCUT2D eigenvalue weighted by atomic mass is 10.0. The number of hydrogen-bond donors (Lipinski definition) is 2. The molecule has 4 rings (SSSR count). The smallest absolute Gasteiger partial charge is 0.411 e. The topological polar surface area (TPSA) is 89.2 Å². The van der Waals surface area contributed by atoms with Gasteiger partial charge in [-0.05, 0) is 56.7 Å². The van der Waals surface area contributed by atoms with E-state index < -0.39 is 17.7 Å². The van der Waals surface area contributed by atoms with Gasteiger partial charge in [0.1, 0.15) is 11.6 Å². The van der Waals surface area contributed by atoms with E-state index in [1.165, 1.54) is 6.07 Å². The highest BCUT2D eigenvalue weighted by atomic mass is 19.1. The standard InChI is InChI=1S/C25H24F2N4O3/c1-3-33-25(32)30-21-11-16(14-31-15(2)5-4-10-29-24(21)31)19-13-18(28)7-9-22(19)34-23-8-6-17(26)12-20(23)27/h5-9,11-14H,3-4,10,28H2,1-2H3,(H,30,32). The second-order valence-corrected chi connectivity index (χ2v) is 7.63. The number of aliphatic imine (C=N–C) groups is 1. The molecule has 9 heteroatoms. The van der Waals surface area contributed by atoms with Crippen molar-refractivity contribution in [3.05, 3.63) is 83.3 Å². The average Bonchev–Trinajstić information content (AvgIpc) is 2.98. The molecule has 7 nitrogen and oxygen atoms in total. The maximum absolute atomic E-state index is 14.3. The van der Waals surface area contributed by atoms with Gasteiger partial charge in [-0.25, -0.2) is 13.6 Å². The van der Waals surface area contributed by atoms with Crippen LogP contribution in [0.25, 0.3) is 5.57 Å². The number of amides is 1. The lowest BCUT2D eigenvalue weighted by Gasteiger charge is -2.29. The molecule has 0 radical (unpaired) electrons. The fraction of sp³-hybridized carbons (Fsp3) is 0.200. The minimum atomic E-state index is -0.832. The van der Waals surface area contributed by atoms with Crippen molar-refractivity contribution in [2.24, 2.45) is 4.99 Å². The van der Waals surface area contributed by atoms with Crippen LogP contribution in [0.15, 0.2) is 71.1 Å². The number of alkyl carbamates (subject to hydrolysis) is 1. The summed E-state index contributed by atoms with van der Waals surface area (Å²) in [5.41, 5.74) is 9.04. The number of fused-ring (bicyclic) bond motifs is 1. The first-order valence-electron chi connectivity index (χ1n) is 10.8. The predicted octanol–water partition coefficient (Wildman–Crippen LogP) is 5.33. The van der Waals surface area contributed by atoms with E-state index in [0.29, 0.717) is 40.7 Å². The quantitative estimate of drug-likeness (QED) is 0.582. The second kappa shape index (κ2) is 9.78. The Balaban J connectivity index is 1.80. The first kappa shape index (κ1) is 23.0. The summed E-state index contributed by atoms with van der Waals surface area (Å²) in [5.74, 6) is -0.800. The van der Waals surface area contributed by atoms with E-state index in [1.807, 2.05) is 24.1 Å². The van der Waals surface area contributed by atoms with Gasteiger partial charge in [-0.1, -0.05) is 6.08 Å². The molecule has 0 atom stereocenters. The third-order valence-electron chi connectivity index (χ3n) is 5.19. The number of benzene rings is 2. The summed E-state index contributed by atoms with van der Waals surface area (Å²) >= 11 is 0. The summed E-state index contributed by atoms with van der Waals surface area (Å²) in [4.78, 5) is 18.7. The van der Waals surface area contributed by atoms with E-state index in [-0.39, 0.29) is 12.4 Å². The molecule has 176 valence electrons. The van der Waals surface area contributed by atoms with Crippen molar-refractivity contribution in [1.82, 2.24) is 10.2 Å². The first-order chi connectivity index (χ1) is 16.4. The van der Waals surface area contributed by atoms with Crippen molar-refractivity contribution in [1.29, 1.82) is 0 Å². The Hall–Kier alpha value is -4.14. The Morgan fingerprint density at radius 3 is 2.76 bits per heavy atom. The van der Waals surface area contributed by atoms with Crippen LogP contribution in [0.2, 0.25) is 0 Å². The van der Waals surface area contributed by atoms with E-state index in [4.69, 9.17) is 15.2 Å². The average molecular weight is 466 g/mol. The SMILES string of the molecule is CCOC(=O)NC1=CC(c2cc(N)ccc2Oc2ccc(F)cc2F)=CN2C(C)=CCCN=C12. The minimum absolute atomic E-state index is 0.134. The van der Waals surface area contributed by atoms with Crippen molar-refractivity contribution in [3.8, 4) is 11.5 Å². The fourth-order valence-corrected chi connectivity index (χ4v) is 3.61. The van der Waals surface area contributed by atoms with Crippen LogP contribution in [0.3, 0.4) is 0 Å². The van der Waals surface area contributed by atoms with Gasteiger partial charge < -0.3 is 20.1 Å².